The van der Waals surface area contributed by atoms with Crippen LogP contribution in [0.5, 0.6) is 0 Å². The minimum Gasteiger partial charge on any atom is -0.372 e. The van der Waals surface area contributed by atoms with Gasteiger partial charge in [-0.3, -0.25) is 38.4 Å². The van der Waals surface area contributed by atoms with Gasteiger partial charge in [-0.1, -0.05) is 72.8 Å². The highest BCUT2D eigenvalue weighted by molar-refractivity contribution is 5.97. The third-order valence-electron chi connectivity index (χ3n) is 9.78. The quantitative estimate of drug-likeness (QED) is 0.153. The molecular formula is C41H50N8O9. The normalized spacial score (nSPS) is 21.8. The Balaban J connectivity index is 1.45. The molecule has 8 amide bonds. The smallest absolute Gasteiger partial charge is 0.245 e. The average molecular weight is 799 g/mol. The molecule has 2 heterocycles. The molecule has 5 rings (SSSR count). The van der Waals surface area contributed by atoms with E-state index in [2.05, 4.69) is 37.2 Å². The Morgan fingerprint density at radius 1 is 0.793 bits per heavy atom. The Morgan fingerprint density at radius 2 is 1.48 bits per heavy atom. The number of fused-ring (bicyclic) bond motifs is 2. The fourth-order valence-electron chi connectivity index (χ4n) is 6.83. The minimum absolute atomic E-state index is 0.0149. The summed E-state index contributed by atoms with van der Waals surface area (Å²) in [6.45, 7) is 0.338. The van der Waals surface area contributed by atoms with E-state index in [4.69, 9.17) is 4.74 Å². The molecule has 17 nitrogen and oxygen atoms in total. The lowest BCUT2D eigenvalue weighted by molar-refractivity contribution is -0.142. The van der Waals surface area contributed by atoms with Gasteiger partial charge in [0.2, 0.25) is 47.3 Å². The summed E-state index contributed by atoms with van der Waals surface area (Å²) in [6, 6.07) is 19.0. The van der Waals surface area contributed by atoms with Crippen LogP contribution in [0.25, 0.3) is 10.8 Å². The van der Waals surface area contributed by atoms with Crippen LogP contribution in [0, 0.1) is 0 Å². The fourth-order valence-corrected chi connectivity index (χ4v) is 6.83. The molecule has 17 heteroatoms. The summed E-state index contributed by atoms with van der Waals surface area (Å²) < 4.78 is 6.21. The fraction of sp³-hybridized carbons (Fsp3) is 0.415. The van der Waals surface area contributed by atoms with Gasteiger partial charge in [-0.25, -0.2) is 0 Å². The van der Waals surface area contributed by atoms with E-state index in [0.29, 0.717) is 0 Å². The van der Waals surface area contributed by atoms with Crippen molar-refractivity contribution in [3.05, 3.63) is 83.9 Å². The van der Waals surface area contributed by atoms with E-state index in [1.54, 1.807) is 0 Å². The number of rotatable bonds is 8. The highest BCUT2D eigenvalue weighted by atomic mass is 16.5. The summed E-state index contributed by atoms with van der Waals surface area (Å²) in [6.07, 6.45) is -0.365. The molecule has 58 heavy (non-hydrogen) atoms. The number of hydrogen-bond donors (Lipinski definition) is 7. The number of benzene rings is 3. The van der Waals surface area contributed by atoms with Gasteiger partial charge in [-0.05, 0) is 34.7 Å². The SMILES string of the molecule is CC(=O)NCC(=O)N[C@H]1CCCC(=O)NCCNC(=O)CNC(=O)CNC(=O)[C@@H](Cc2cccc3ccccc23)NC(=O)[C@@H]2CC(OCc3ccccc3)CN2C1=O. The van der Waals surface area contributed by atoms with Crippen molar-refractivity contribution in [2.24, 2.45) is 0 Å². The maximum atomic E-state index is 14.5. The zero-order valence-electron chi connectivity index (χ0n) is 32.3. The Labute approximate surface area is 335 Å². The monoisotopic (exact) mass is 798 g/mol. The topological polar surface area (TPSA) is 233 Å². The van der Waals surface area contributed by atoms with Crippen molar-refractivity contribution in [2.75, 3.05) is 39.3 Å². The molecule has 0 saturated carbocycles. The molecule has 2 fully saturated rings. The van der Waals surface area contributed by atoms with E-state index < -0.39 is 78.7 Å². The standard InChI is InChI=1S/C41H50N8O9/c1-26(50)44-23-38(54)47-32-15-8-16-35(51)42-17-18-43-36(52)21-45-37(53)22-46-39(55)33(19-29-13-7-12-28-11-5-6-14-31(28)29)48-40(56)34-20-30(24-49(34)41(32)57)58-25-27-9-3-2-4-10-27/h2-7,9-14,30,32-34H,8,15-25H2,1H3,(H,42,51)(H,43,52)(H,44,50)(H,45,53)(H,46,55)(H,47,54)(H,48,56)/t30?,32-,33+,34-/m0/s1. The van der Waals surface area contributed by atoms with Crippen LogP contribution in [0.3, 0.4) is 0 Å². The lowest BCUT2D eigenvalue weighted by Crippen LogP contribution is -2.57. The molecule has 7 N–H and O–H groups in total. The highest BCUT2D eigenvalue weighted by Gasteiger charge is 2.43. The van der Waals surface area contributed by atoms with Crippen molar-refractivity contribution in [3.8, 4) is 0 Å². The van der Waals surface area contributed by atoms with E-state index in [0.717, 1.165) is 21.9 Å². The minimum atomic E-state index is -1.21. The molecule has 0 aliphatic carbocycles. The zero-order valence-corrected chi connectivity index (χ0v) is 32.3. The van der Waals surface area contributed by atoms with E-state index >= 15 is 0 Å². The van der Waals surface area contributed by atoms with Crippen molar-refractivity contribution in [3.63, 3.8) is 0 Å². The first-order valence-corrected chi connectivity index (χ1v) is 19.3. The maximum absolute atomic E-state index is 14.5. The summed E-state index contributed by atoms with van der Waals surface area (Å²) in [7, 11) is 0. The van der Waals surface area contributed by atoms with E-state index in [1.165, 1.54) is 11.8 Å². The number of nitrogens with zero attached hydrogens (tertiary/aromatic N) is 1. The molecule has 0 bridgehead atoms. The Kier molecular flexibility index (Phi) is 15.7. The molecule has 4 atom stereocenters. The molecule has 2 aliphatic rings. The van der Waals surface area contributed by atoms with Gasteiger partial charge in [0.05, 0.1) is 32.3 Å². The van der Waals surface area contributed by atoms with Crippen LogP contribution >= 0.6 is 0 Å². The van der Waals surface area contributed by atoms with Crippen molar-refractivity contribution in [1.29, 1.82) is 0 Å². The predicted octanol–water partition coefficient (Wildman–Crippen LogP) is -0.677. The average Bonchev–Trinajstić information content (AvgIpc) is 3.66. The lowest BCUT2D eigenvalue weighted by atomic mass is 9.98. The molecule has 2 aliphatic heterocycles. The number of ether oxygens (including phenoxy) is 1. The van der Waals surface area contributed by atoms with Crippen LogP contribution in [-0.4, -0.2) is 116 Å². The third-order valence-corrected chi connectivity index (χ3v) is 9.78. The molecule has 1 unspecified atom stereocenters. The van der Waals surface area contributed by atoms with Crippen LogP contribution in [0.4, 0.5) is 0 Å². The molecule has 0 aromatic heterocycles. The van der Waals surface area contributed by atoms with Crippen LogP contribution in [-0.2, 0) is 56.1 Å². The second-order valence-corrected chi connectivity index (χ2v) is 14.2. The van der Waals surface area contributed by atoms with Crippen LogP contribution in [0.15, 0.2) is 72.8 Å². The number of hydrogen-bond acceptors (Lipinski definition) is 9. The van der Waals surface area contributed by atoms with Crippen molar-refractivity contribution in [1.82, 2.24) is 42.1 Å². The van der Waals surface area contributed by atoms with Gasteiger partial charge >= 0.3 is 0 Å². The molecule has 0 radical (unpaired) electrons. The second-order valence-electron chi connectivity index (χ2n) is 14.2. The molecule has 2 saturated heterocycles. The summed E-state index contributed by atoms with van der Waals surface area (Å²) in [5.41, 5.74) is 1.62. The van der Waals surface area contributed by atoms with E-state index in [9.17, 15) is 38.4 Å². The zero-order chi connectivity index (χ0) is 41.4. The molecular weight excluding hydrogens is 748 g/mol. The van der Waals surface area contributed by atoms with Gasteiger partial charge in [0, 0.05) is 45.8 Å². The molecule has 3 aromatic rings. The van der Waals surface area contributed by atoms with Gasteiger partial charge < -0.3 is 46.9 Å². The third kappa shape index (κ3) is 12.8. The first-order chi connectivity index (χ1) is 28.0. The Morgan fingerprint density at radius 3 is 2.26 bits per heavy atom. The lowest BCUT2D eigenvalue weighted by Gasteiger charge is -2.30. The largest absolute Gasteiger partial charge is 0.372 e. The van der Waals surface area contributed by atoms with Crippen LogP contribution in [0.2, 0.25) is 0 Å². The summed E-state index contributed by atoms with van der Waals surface area (Å²) in [5.74, 6) is -4.56. The summed E-state index contributed by atoms with van der Waals surface area (Å²) >= 11 is 0. The van der Waals surface area contributed by atoms with Crippen LogP contribution in [0.1, 0.15) is 43.7 Å². The van der Waals surface area contributed by atoms with Gasteiger partial charge in [-0.15, -0.1) is 0 Å². The van der Waals surface area contributed by atoms with Crippen molar-refractivity contribution >= 4 is 58.0 Å². The number of carbonyl (C=O) groups is 8. The van der Waals surface area contributed by atoms with Gasteiger partial charge in [0.15, 0.2) is 0 Å². The number of amides is 8. The first-order valence-electron chi connectivity index (χ1n) is 19.3. The summed E-state index contributed by atoms with van der Waals surface area (Å²) in [4.78, 5) is 106. The molecule has 3 aromatic carbocycles. The van der Waals surface area contributed by atoms with Gasteiger partial charge in [-0.2, -0.15) is 0 Å². The Hall–Kier alpha value is -6.36. The Bertz CT molecular complexity index is 1970. The molecule has 0 spiro atoms. The van der Waals surface area contributed by atoms with Gasteiger partial charge in [0.25, 0.3) is 0 Å². The van der Waals surface area contributed by atoms with Crippen molar-refractivity contribution in [2.45, 2.75) is 69.9 Å². The van der Waals surface area contributed by atoms with E-state index in [1.807, 2.05) is 72.8 Å². The van der Waals surface area contributed by atoms with Crippen LogP contribution < -0.4 is 37.2 Å². The van der Waals surface area contributed by atoms with Gasteiger partial charge in [0.1, 0.15) is 18.1 Å². The first kappa shape index (κ1) is 42.8. The second kappa shape index (κ2) is 21.2. The number of nitrogens with one attached hydrogen (secondary N) is 7. The summed E-state index contributed by atoms with van der Waals surface area (Å²) in [5, 5.41) is 19.9. The maximum Gasteiger partial charge on any atom is 0.245 e. The van der Waals surface area contributed by atoms with Crippen molar-refractivity contribution < 1.29 is 43.1 Å². The number of carbonyl (C=O) groups excluding carboxylic acids is 8. The molecule has 308 valence electrons. The highest BCUT2D eigenvalue weighted by Crippen LogP contribution is 2.25. The van der Waals surface area contributed by atoms with E-state index in [-0.39, 0.29) is 70.8 Å². The predicted molar refractivity (Wildman–Crippen MR) is 211 cm³/mol.